The van der Waals surface area contributed by atoms with Crippen molar-refractivity contribution in [2.75, 3.05) is 24.6 Å². The van der Waals surface area contributed by atoms with Crippen molar-refractivity contribution in [2.24, 2.45) is 5.92 Å². The van der Waals surface area contributed by atoms with Crippen LogP contribution < -0.4 is 4.90 Å². The van der Waals surface area contributed by atoms with Gasteiger partial charge in [-0.05, 0) is 35.7 Å². The fourth-order valence-electron chi connectivity index (χ4n) is 2.39. The lowest BCUT2D eigenvalue weighted by Crippen LogP contribution is -2.37. The largest absolute Gasteiger partial charge is 0.466 e. The molecule has 2 rings (SSSR count). The van der Waals surface area contributed by atoms with Crippen LogP contribution in [0.15, 0.2) is 16.7 Å². The first-order valence-electron chi connectivity index (χ1n) is 6.74. The molecule has 0 aliphatic carbocycles. The van der Waals surface area contributed by atoms with E-state index in [-0.39, 0.29) is 17.6 Å². The molecule has 0 radical (unpaired) electrons. The molecule has 2 heterocycles. The second-order valence-corrected chi connectivity index (χ2v) is 5.68. The van der Waals surface area contributed by atoms with Crippen LogP contribution in [0.2, 0.25) is 0 Å². The van der Waals surface area contributed by atoms with Gasteiger partial charge < -0.3 is 9.64 Å². The highest BCUT2D eigenvalue weighted by Crippen LogP contribution is 2.31. The SMILES string of the molecule is CCOC(=O)C1CCN(c2ncc(Br)cc2[N+](=O)[O-])CC1. The van der Waals surface area contributed by atoms with Crippen molar-refractivity contribution >= 4 is 33.4 Å². The van der Waals surface area contributed by atoms with Crippen LogP contribution in [0.4, 0.5) is 11.5 Å². The first-order valence-corrected chi connectivity index (χ1v) is 7.53. The first kappa shape index (κ1) is 15.7. The molecule has 1 aliphatic heterocycles. The summed E-state index contributed by atoms with van der Waals surface area (Å²) in [6.07, 6.45) is 2.78. The van der Waals surface area contributed by atoms with Gasteiger partial charge in [0, 0.05) is 29.8 Å². The lowest BCUT2D eigenvalue weighted by molar-refractivity contribution is -0.384. The van der Waals surface area contributed by atoms with Crippen molar-refractivity contribution in [1.29, 1.82) is 0 Å². The van der Waals surface area contributed by atoms with Crippen molar-refractivity contribution in [2.45, 2.75) is 19.8 Å². The van der Waals surface area contributed by atoms with Gasteiger partial charge in [0.05, 0.1) is 17.4 Å². The molecule has 7 nitrogen and oxygen atoms in total. The van der Waals surface area contributed by atoms with Gasteiger partial charge in [-0.1, -0.05) is 0 Å². The van der Waals surface area contributed by atoms with Gasteiger partial charge in [-0.15, -0.1) is 0 Å². The highest BCUT2D eigenvalue weighted by Gasteiger charge is 2.29. The lowest BCUT2D eigenvalue weighted by Gasteiger charge is -2.31. The Morgan fingerprint density at radius 3 is 2.81 bits per heavy atom. The molecule has 21 heavy (non-hydrogen) atoms. The number of carbonyl (C=O) groups excluding carboxylic acids is 1. The Kier molecular flexibility index (Phi) is 5.11. The summed E-state index contributed by atoms with van der Waals surface area (Å²) in [5, 5.41) is 11.1. The molecule has 0 amide bonds. The average molecular weight is 358 g/mol. The maximum Gasteiger partial charge on any atom is 0.312 e. The van der Waals surface area contributed by atoms with Crippen molar-refractivity contribution in [3.8, 4) is 0 Å². The number of hydrogen-bond donors (Lipinski definition) is 0. The smallest absolute Gasteiger partial charge is 0.312 e. The van der Waals surface area contributed by atoms with Crippen LogP contribution in [0.25, 0.3) is 0 Å². The number of carbonyl (C=O) groups is 1. The Morgan fingerprint density at radius 2 is 2.24 bits per heavy atom. The number of hydrogen-bond acceptors (Lipinski definition) is 6. The van der Waals surface area contributed by atoms with Gasteiger partial charge in [0.2, 0.25) is 5.82 Å². The average Bonchev–Trinajstić information content (AvgIpc) is 2.47. The molecule has 1 aromatic rings. The van der Waals surface area contributed by atoms with Gasteiger partial charge in [0.1, 0.15) is 0 Å². The molecule has 1 aliphatic rings. The molecular formula is C13H16BrN3O4. The van der Waals surface area contributed by atoms with Crippen LogP contribution in [0, 0.1) is 16.0 Å². The highest BCUT2D eigenvalue weighted by molar-refractivity contribution is 9.10. The van der Waals surface area contributed by atoms with Gasteiger partial charge in [-0.25, -0.2) is 4.98 Å². The summed E-state index contributed by atoms with van der Waals surface area (Å²) in [5.41, 5.74) is -0.0287. The van der Waals surface area contributed by atoms with Gasteiger partial charge in [0.25, 0.3) is 0 Å². The minimum atomic E-state index is -0.440. The van der Waals surface area contributed by atoms with E-state index in [1.807, 2.05) is 4.90 Å². The van der Waals surface area contributed by atoms with Crippen molar-refractivity contribution in [3.63, 3.8) is 0 Å². The zero-order valence-corrected chi connectivity index (χ0v) is 13.2. The molecule has 0 aromatic carbocycles. The lowest BCUT2D eigenvalue weighted by atomic mass is 9.97. The Balaban J connectivity index is 2.09. The van der Waals surface area contributed by atoms with E-state index in [2.05, 4.69) is 20.9 Å². The van der Waals surface area contributed by atoms with Crippen LogP contribution in [0.3, 0.4) is 0 Å². The molecule has 0 bridgehead atoms. The number of anilines is 1. The Hall–Kier alpha value is -1.70. The molecule has 114 valence electrons. The molecule has 0 unspecified atom stereocenters. The maximum atomic E-state index is 11.7. The third-order valence-electron chi connectivity index (χ3n) is 3.42. The Morgan fingerprint density at radius 1 is 1.57 bits per heavy atom. The fourth-order valence-corrected chi connectivity index (χ4v) is 2.71. The van der Waals surface area contributed by atoms with Crippen LogP contribution in [-0.4, -0.2) is 35.6 Å². The van der Waals surface area contributed by atoms with E-state index in [1.54, 1.807) is 13.1 Å². The summed E-state index contributed by atoms with van der Waals surface area (Å²) < 4.78 is 5.58. The summed E-state index contributed by atoms with van der Waals surface area (Å²) in [5.74, 6) is 0.0385. The quantitative estimate of drug-likeness (QED) is 0.467. The van der Waals surface area contributed by atoms with Crippen LogP contribution in [0.5, 0.6) is 0 Å². The molecular weight excluding hydrogens is 342 g/mol. The molecule has 0 N–H and O–H groups in total. The van der Waals surface area contributed by atoms with E-state index in [1.165, 1.54) is 6.07 Å². The molecule has 0 atom stereocenters. The second kappa shape index (κ2) is 6.84. The van der Waals surface area contributed by atoms with Crippen molar-refractivity contribution in [1.82, 2.24) is 4.98 Å². The molecule has 8 heteroatoms. The number of nitrogens with zero attached hydrogens (tertiary/aromatic N) is 3. The number of ether oxygens (including phenoxy) is 1. The van der Waals surface area contributed by atoms with Gasteiger partial charge in [-0.3, -0.25) is 14.9 Å². The normalized spacial score (nSPS) is 15.8. The van der Waals surface area contributed by atoms with Crippen LogP contribution >= 0.6 is 15.9 Å². The minimum absolute atomic E-state index is 0.0287. The monoisotopic (exact) mass is 357 g/mol. The van der Waals surface area contributed by atoms with E-state index in [9.17, 15) is 14.9 Å². The predicted octanol–water partition coefficient (Wildman–Crippen LogP) is 2.53. The predicted molar refractivity (Wildman–Crippen MR) is 80.2 cm³/mol. The first-order chi connectivity index (χ1) is 10.0. The molecule has 1 saturated heterocycles. The summed E-state index contributed by atoms with van der Waals surface area (Å²) in [7, 11) is 0. The summed E-state index contributed by atoms with van der Waals surface area (Å²) in [6, 6.07) is 1.44. The number of rotatable bonds is 4. The number of pyridine rings is 1. The number of halogens is 1. The number of esters is 1. The number of nitro groups is 1. The zero-order chi connectivity index (χ0) is 15.4. The number of aromatic nitrogens is 1. The Labute approximate surface area is 130 Å². The summed E-state index contributed by atoms with van der Waals surface area (Å²) in [4.78, 5) is 28.4. The van der Waals surface area contributed by atoms with Crippen molar-refractivity contribution < 1.29 is 14.5 Å². The van der Waals surface area contributed by atoms with Gasteiger partial charge >= 0.3 is 11.7 Å². The Bertz CT molecular complexity index is 544. The van der Waals surface area contributed by atoms with Crippen LogP contribution in [0.1, 0.15) is 19.8 Å². The van der Waals surface area contributed by atoms with E-state index in [4.69, 9.17) is 4.74 Å². The van der Waals surface area contributed by atoms with E-state index in [0.29, 0.717) is 42.8 Å². The van der Waals surface area contributed by atoms with Gasteiger partial charge in [0.15, 0.2) is 0 Å². The standard InChI is InChI=1S/C13H16BrN3O4/c1-2-21-13(18)9-3-5-16(6-4-9)12-11(17(19)20)7-10(14)8-15-12/h7-9H,2-6H2,1H3. The van der Waals surface area contributed by atoms with Crippen LogP contribution in [-0.2, 0) is 9.53 Å². The van der Waals surface area contributed by atoms with E-state index >= 15 is 0 Å². The summed E-state index contributed by atoms with van der Waals surface area (Å²) >= 11 is 3.19. The molecule has 0 saturated carbocycles. The molecule has 1 aromatic heterocycles. The zero-order valence-electron chi connectivity index (χ0n) is 11.6. The highest BCUT2D eigenvalue weighted by atomic mass is 79.9. The van der Waals surface area contributed by atoms with E-state index < -0.39 is 4.92 Å². The summed E-state index contributed by atoms with van der Waals surface area (Å²) in [6.45, 7) is 3.26. The van der Waals surface area contributed by atoms with Gasteiger partial charge in [-0.2, -0.15) is 0 Å². The molecule has 1 fully saturated rings. The van der Waals surface area contributed by atoms with Crippen molar-refractivity contribution in [3.05, 3.63) is 26.9 Å². The van der Waals surface area contributed by atoms with E-state index in [0.717, 1.165) is 0 Å². The topological polar surface area (TPSA) is 85.6 Å². The third kappa shape index (κ3) is 3.69. The minimum Gasteiger partial charge on any atom is -0.466 e. The molecule has 0 spiro atoms. The second-order valence-electron chi connectivity index (χ2n) is 4.77. The number of piperidine rings is 1. The fraction of sp³-hybridized carbons (Fsp3) is 0.538. The third-order valence-corrected chi connectivity index (χ3v) is 3.86. The maximum absolute atomic E-state index is 11.7.